The number of benzene rings is 1. The summed E-state index contributed by atoms with van der Waals surface area (Å²) in [6.45, 7) is 4.17. The number of likely N-dealkylation sites (tertiary alicyclic amines) is 1. The van der Waals surface area contributed by atoms with Gasteiger partial charge in [0.2, 0.25) is 0 Å². The van der Waals surface area contributed by atoms with Gasteiger partial charge in [-0.05, 0) is 45.5 Å². The topological polar surface area (TPSA) is 21.1 Å². The van der Waals surface area contributed by atoms with Crippen molar-refractivity contribution in [3.63, 3.8) is 0 Å². The molecule has 2 heterocycles. The molecule has 2 atom stereocenters. The van der Waals surface area contributed by atoms with Gasteiger partial charge in [-0.1, -0.05) is 17.7 Å². The Morgan fingerprint density at radius 2 is 2.20 bits per heavy atom. The summed E-state index contributed by atoms with van der Waals surface area (Å²) >= 11 is 12.6. The van der Waals surface area contributed by atoms with Crippen LogP contribution < -0.4 is 0 Å². The Labute approximate surface area is 129 Å². The van der Waals surface area contributed by atoms with Crippen molar-refractivity contribution in [2.24, 2.45) is 0 Å². The second-order valence-corrected chi connectivity index (χ2v) is 6.68. The fraction of sp³-hybridized carbons (Fsp3) is 0.533. The first-order chi connectivity index (χ1) is 9.58. The third kappa shape index (κ3) is 2.43. The molecule has 0 aliphatic carbocycles. The van der Waals surface area contributed by atoms with Crippen LogP contribution in [0.2, 0.25) is 5.02 Å². The second kappa shape index (κ2) is 5.55. The molecule has 0 radical (unpaired) electrons. The van der Waals surface area contributed by atoms with Gasteiger partial charge in [0.15, 0.2) is 0 Å². The fourth-order valence-corrected chi connectivity index (χ4v) is 3.48. The molecular formula is C15H19Cl2N3. The second-order valence-electron chi connectivity index (χ2n) is 5.62. The van der Waals surface area contributed by atoms with E-state index in [2.05, 4.69) is 22.6 Å². The lowest BCUT2D eigenvalue weighted by Crippen LogP contribution is -2.34. The van der Waals surface area contributed by atoms with Crippen LogP contribution in [0.3, 0.4) is 0 Å². The number of likely N-dealkylation sites (N-methyl/N-ethyl adjacent to an activating group) is 1. The van der Waals surface area contributed by atoms with E-state index in [0.29, 0.717) is 11.1 Å². The molecule has 1 aromatic carbocycles. The SMILES string of the molecule is CC(Cl)c1nc2c(Cl)cccc2n1C1CCCN(C)C1. The Hall–Kier alpha value is -0.770. The molecule has 0 spiro atoms. The molecule has 3 rings (SSSR count). The van der Waals surface area contributed by atoms with Gasteiger partial charge in [-0.3, -0.25) is 0 Å². The van der Waals surface area contributed by atoms with E-state index in [4.69, 9.17) is 28.2 Å². The molecule has 1 aliphatic heterocycles. The number of piperidine rings is 1. The highest BCUT2D eigenvalue weighted by Gasteiger charge is 2.25. The summed E-state index contributed by atoms with van der Waals surface area (Å²) < 4.78 is 2.30. The third-order valence-corrected chi connectivity index (χ3v) is 4.52. The van der Waals surface area contributed by atoms with Crippen LogP contribution in [0.5, 0.6) is 0 Å². The number of nitrogens with zero attached hydrogens (tertiary/aromatic N) is 3. The maximum atomic E-state index is 6.35. The largest absolute Gasteiger partial charge is 0.322 e. The molecule has 2 unspecified atom stereocenters. The molecular weight excluding hydrogens is 293 g/mol. The van der Waals surface area contributed by atoms with E-state index >= 15 is 0 Å². The number of imidazole rings is 1. The van der Waals surface area contributed by atoms with Crippen LogP contribution in [0, 0.1) is 0 Å². The number of rotatable bonds is 2. The number of fused-ring (bicyclic) bond motifs is 1. The zero-order valence-corrected chi connectivity index (χ0v) is 13.3. The van der Waals surface area contributed by atoms with Gasteiger partial charge in [0.25, 0.3) is 0 Å². The van der Waals surface area contributed by atoms with Crippen LogP contribution >= 0.6 is 23.2 Å². The van der Waals surface area contributed by atoms with Crippen LogP contribution in [0.15, 0.2) is 18.2 Å². The number of aromatic nitrogens is 2. The first-order valence-corrected chi connectivity index (χ1v) is 7.88. The van der Waals surface area contributed by atoms with Crippen molar-refractivity contribution in [3.8, 4) is 0 Å². The van der Waals surface area contributed by atoms with Gasteiger partial charge < -0.3 is 9.47 Å². The van der Waals surface area contributed by atoms with Crippen LogP contribution in [0.4, 0.5) is 0 Å². The van der Waals surface area contributed by atoms with E-state index < -0.39 is 0 Å². The summed E-state index contributed by atoms with van der Waals surface area (Å²) in [4.78, 5) is 7.06. The van der Waals surface area contributed by atoms with E-state index in [1.165, 1.54) is 12.8 Å². The molecule has 1 aliphatic rings. The van der Waals surface area contributed by atoms with Gasteiger partial charge in [0.1, 0.15) is 11.3 Å². The molecule has 1 aromatic heterocycles. The monoisotopic (exact) mass is 311 g/mol. The van der Waals surface area contributed by atoms with Crippen molar-refractivity contribution >= 4 is 34.2 Å². The van der Waals surface area contributed by atoms with Gasteiger partial charge in [-0.15, -0.1) is 11.6 Å². The summed E-state index contributed by atoms with van der Waals surface area (Å²) in [5.74, 6) is 0.926. The van der Waals surface area contributed by atoms with Crippen LogP contribution in [0.25, 0.3) is 11.0 Å². The van der Waals surface area contributed by atoms with Crippen LogP contribution in [-0.2, 0) is 0 Å². The number of hydrogen-bond donors (Lipinski definition) is 0. The van der Waals surface area contributed by atoms with Gasteiger partial charge in [-0.25, -0.2) is 4.98 Å². The molecule has 3 nitrogen and oxygen atoms in total. The first kappa shape index (κ1) is 14.2. The number of hydrogen-bond acceptors (Lipinski definition) is 2. The van der Waals surface area contributed by atoms with Gasteiger partial charge >= 0.3 is 0 Å². The smallest absolute Gasteiger partial charge is 0.128 e. The Morgan fingerprint density at radius 3 is 2.90 bits per heavy atom. The van der Waals surface area contributed by atoms with Gasteiger partial charge in [0.05, 0.1) is 15.9 Å². The summed E-state index contributed by atoms with van der Waals surface area (Å²) in [7, 11) is 2.17. The van der Waals surface area contributed by atoms with Gasteiger partial charge in [0, 0.05) is 12.6 Å². The van der Waals surface area contributed by atoms with Crippen molar-refractivity contribution in [2.75, 3.05) is 20.1 Å². The Kier molecular flexibility index (Phi) is 3.93. The van der Waals surface area contributed by atoms with Crippen molar-refractivity contribution in [1.29, 1.82) is 0 Å². The number of halogens is 2. The van der Waals surface area contributed by atoms with Crippen LogP contribution in [-0.4, -0.2) is 34.6 Å². The third-order valence-electron chi connectivity index (χ3n) is 4.02. The van der Waals surface area contributed by atoms with E-state index in [1.54, 1.807) is 0 Å². The van der Waals surface area contributed by atoms with E-state index in [0.717, 1.165) is 29.9 Å². The predicted molar refractivity (Wildman–Crippen MR) is 84.8 cm³/mol. The van der Waals surface area contributed by atoms with E-state index in [-0.39, 0.29) is 5.38 Å². The fourth-order valence-electron chi connectivity index (χ4n) is 3.12. The minimum Gasteiger partial charge on any atom is -0.322 e. The minimum atomic E-state index is -0.120. The molecule has 2 aromatic rings. The molecule has 0 N–H and O–H groups in total. The van der Waals surface area contributed by atoms with E-state index in [9.17, 15) is 0 Å². The average molecular weight is 312 g/mol. The Bertz CT molecular complexity index is 621. The minimum absolute atomic E-state index is 0.120. The molecule has 0 saturated carbocycles. The van der Waals surface area contributed by atoms with Crippen molar-refractivity contribution in [3.05, 3.63) is 29.0 Å². The standard InChI is InChI=1S/C15H19Cl2N3/c1-10(16)15-18-14-12(17)6-3-7-13(14)20(15)11-5-4-8-19(2)9-11/h3,6-7,10-11H,4-5,8-9H2,1-2H3. The maximum absolute atomic E-state index is 6.35. The average Bonchev–Trinajstić information content (AvgIpc) is 2.80. The van der Waals surface area contributed by atoms with Crippen molar-refractivity contribution in [2.45, 2.75) is 31.2 Å². The van der Waals surface area contributed by atoms with Crippen molar-refractivity contribution < 1.29 is 0 Å². The lowest BCUT2D eigenvalue weighted by Gasteiger charge is -2.32. The summed E-state index contributed by atoms with van der Waals surface area (Å²) in [5.41, 5.74) is 1.96. The quantitative estimate of drug-likeness (QED) is 0.773. The maximum Gasteiger partial charge on any atom is 0.128 e. The lowest BCUT2D eigenvalue weighted by molar-refractivity contribution is 0.212. The van der Waals surface area contributed by atoms with Crippen LogP contribution in [0.1, 0.15) is 37.0 Å². The zero-order valence-electron chi connectivity index (χ0n) is 11.8. The highest BCUT2D eigenvalue weighted by Crippen LogP contribution is 2.34. The molecule has 1 saturated heterocycles. The molecule has 5 heteroatoms. The number of para-hydroxylation sites is 1. The summed E-state index contributed by atoms with van der Waals surface area (Å²) in [6, 6.07) is 6.38. The molecule has 108 valence electrons. The highest BCUT2D eigenvalue weighted by molar-refractivity contribution is 6.35. The van der Waals surface area contributed by atoms with E-state index in [1.807, 2.05) is 19.1 Å². The van der Waals surface area contributed by atoms with Crippen molar-refractivity contribution in [1.82, 2.24) is 14.5 Å². The first-order valence-electron chi connectivity index (χ1n) is 7.07. The molecule has 20 heavy (non-hydrogen) atoms. The molecule has 1 fully saturated rings. The summed E-state index contributed by atoms with van der Waals surface area (Å²) in [6.07, 6.45) is 2.37. The molecule has 0 amide bonds. The molecule has 0 bridgehead atoms. The summed E-state index contributed by atoms with van der Waals surface area (Å²) in [5, 5.41) is 0.578. The zero-order chi connectivity index (χ0) is 14.3. The normalized spacial score (nSPS) is 22.3. The Balaban J connectivity index is 2.16. The predicted octanol–water partition coefficient (Wildman–Crippen LogP) is 4.26. The highest BCUT2D eigenvalue weighted by atomic mass is 35.5. The lowest BCUT2D eigenvalue weighted by atomic mass is 10.1. The Morgan fingerprint density at radius 1 is 1.40 bits per heavy atom. The van der Waals surface area contributed by atoms with Gasteiger partial charge in [-0.2, -0.15) is 0 Å². The number of alkyl halides is 1.